The fourth-order valence-corrected chi connectivity index (χ4v) is 4.21. The summed E-state index contributed by atoms with van der Waals surface area (Å²) in [7, 11) is 1.98. The minimum atomic E-state index is -0.166. The van der Waals surface area contributed by atoms with Gasteiger partial charge in [-0.3, -0.25) is 4.31 Å². The molecule has 1 aliphatic heterocycles. The van der Waals surface area contributed by atoms with E-state index >= 15 is 0 Å². The average molecular weight is 360 g/mol. The van der Waals surface area contributed by atoms with Gasteiger partial charge in [0.05, 0.1) is 11.4 Å². The molecule has 0 fully saturated rings. The van der Waals surface area contributed by atoms with Crippen molar-refractivity contribution in [2.75, 3.05) is 17.9 Å². The highest BCUT2D eigenvalue weighted by molar-refractivity contribution is 8.01. The maximum Gasteiger partial charge on any atom is 0.373 e. The Balaban J connectivity index is 0.000000701. The van der Waals surface area contributed by atoms with Gasteiger partial charge in [0.15, 0.2) is 0 Å². The molecule has 4 nitrogen and oxygen atoms in total. The van der Waals surface area contributed by atoms with Gasteiger partial charge in [-0.25, -0.2) is 4.39 Å². The van der Waals surface area contributed by atoms with Gasteiger partial charge in [0.25, 0.3) is 0 Å². The Morgan fingerprint density at radius 2 is 1.80 bits per heavy atom. The van der Waals surface area contributed by atoms with Crippen LogP contribution in [0.25, 0.3) is 0 Å². The lowest BCUT2D eigenvalue weighted by Crippen LogP contribution is -2.25. The Morgan fingerprint density at radius 1 is 1.16 bits per heavy atom. The molecule has 0 amide bonds. The van der Waals surface area contributed by atoms with E-state index in [9.17, 15) is 4.39 Å². The number of nitrogens with zero attached hydrogens (tertiary/aromatic N) is 1. The molecule has 0 radical (unpaired) electrons. The van der Waals surface area contributed by atoms with E-state index in [1.54, 1.807) is 18.0 Å². The van der Waals surface area contributed by atoms with Crippen LogP contribution in [0.3, 0.4) is 0 Å². The van der Waals surface area contributed by atoms with Gasteiger partial charge in [-0.15, -0.1) is 0 Å². The lowest BCUT2D eigenvalue weighted by atomic mass is 10.0. The first kappa shape index (κ1) is 19.2. The molecule has 0 aliphatic carbocycles. The van der Waals surface area contributed by atoms with E-state index in [-0.39, 0.29) is 12.0 Å². The van der Waals surface area contributed by atoms with Gasteiger partial charge in [0.2, 0.25) is 0 Å². The monoisotopic (exact) mass is 360 g/mol. The largest absolute Gasteiger partial charge is 0.373 e. The topological polar surface area (TPSA) is 49.4 Å². The lowest BCUT2D eigenvalue weighted by Gasteiger charge is -2.35. The SMILES string of the molecule is CNCCC[C@H]1Cc2ccccc2N(c2ccccc2F)S1.O=C=O. The van der Waals surface area contributed by atoms with Gasteiger partial charge in [0.1, 0.15) is 5.82 Å². The first-order chi connectivity index (χ1) is 12.2. The van der Waals surface area contributed by atoms with Crippen LogP contribution in [0, 0.1) is 5.82 Å². The fourth-order valence-electron chi connectivity index (χ4n) is 2.83. The van der Waals surface area contributed by atoms with Crippen molar-refractivity contribution < 1.29 is 14.0 Å². The lowest BCUT2D eigenvalue weighted by molar-refractivity contribution is -0.191. The standard InChI is InChI=1S/C18H21FN2S.CO2/c1-20-12-6-8-15-13-14-7-2-4-10-17(14)21(22-15)18-11-5-3-9-16(18)19;2-1-3/h2-5,7,9-11,15,20H,6,8,12-13H2,1H3;/t15-;/m0./s1. The van der Waals surface area contributed by atoms with Crippen molar-refractivity contribution in [3.05, 3.63) is 59.9 Å². The van der Waals surface area contributed by atoms with Crippen molar-refractivity contribution in [2.45, 2.75) is 24.5 Å². The quantitative estimate of drug-likeness (QED) is 0.646. The zero-order chi connectivity index (χ0) is 18.1. The van der Waals surface area contributed by atoms with Crippen LogP contribution in [0.15, 0.2) is 48.5 Å². The van der Waals surface area contributed by atoms with E-state index in [0.717, 1.165) is 31.5 Å². The summed E-state index contributed by atoms with van der Waals surface area (Å²) in [5.41, 5.74) is 3.07. The summed E-state index contributed by atoms with van der Waals surface area (Å²) in [6.07, 6.45) is 3.57. The number of rotatable bonds is 5. The molecule has 1 aliphatic rings. The molecular weight excluding hydrogens is 339 g/mol. The predicted molar refractivity (Wildman–Crippen MR) is 98.2 cm³/mol. The molecule has 0 saturated heterocycles. The summed E-state index contributed by atoms with van der Waals surface area (Å²) in [6.45, 7) is 1.03. The average Bonchev–Trinajstić information content (AvgIpc) is 2.62. The van der Waals surface area contributed by atoms with Crippen LogP contribution in [0.2, 0.25) is 0 Å². The molecule has 1 heterocycles. The molecule has 0 unspecified atom stereocenters. The Hall–Kier alpha value is -2.14. The molecule has 1 atom stereocenters. The van der Waals surface area contributed by atoms with Gasteiger partial charge in [0, 0.05) is 5.25 Å². The molecule has 2 aromatic rings. The summed E-state index contributed by atoms with van der Waals surface area (Å²) in [6, 6.07) is 15.4. The van der Waals surface area contributed by atoms with Crippen molar-refractivity contribution in [2.24, 2.45) is 0 Å². The van der Waals surface area contributed by atoms with Crippen LogP contribution in [0.4, 0.5) is 15.8 Å². The summed E-state index contributed by atoms with van der Waals surface area (Å²) in [5.74, 6) is -0.166. The van der Waals surface area contributed by atoms with Crippen molar-refractivity contribution in [3.63, 3.8) is 0 Å². The van der Waals surface area contributed by atoms with Gasteiger partial charge in [-0.1, -0.05) is 30.3 Å². The van der Waals surface area contributed by atoms with Crippen LogP contribution in [-0.2, 0) is 16.0 Å². The Kier molecular flexibility index (Phi) is 7.67. The highest BCUT2D eigenvalue weighted by Gasteiger charge is 2.27. The number of nitrogens with one attached hydrogen (secondary N) is 1. The highest BCUT2D eigenvalue weighted by atomic mass is 32.2. The van der Waals surface area contributed by atoms with Crippen molar-refractivity contribution in [3.8, 4) is 0 Å². The molecule has 6 heteroatoms. The van der Waals surface area contributed by atoms with E-state index in [0.29, 0.717) is 10.9 Å². The summed E-state index contributed by atoms with van der Waals surface area (Å²) >= 11 is 1.76. The number of benzene rings is 2. The maximum absolute atomic E-state index is 14.2. The van der Waals surface area contributed by atoms with E-state index in [1.165, 1.54) is 11.6 Å². The molecule has 2 aromatic carbocycles. The summed E-state index contributed by atoms with van der Waals surface area (Å²) in [5, 5.41) is 3.68. The molecule has 0 saturated carbocycles. The number of para-hydroxylation sites is 2. The summed E-state index contributed by atoms with van der Waals surface area (Å²) < 4.78 is 16.3. The zero-order valence-electron chi connectivity index (χ0n) is 14.1. The Labute approximate surface area is 151 Å². The minimum Gasteiger partial charge on any atom is -0.320 e. The third-order valence-electron chi connectivity index (χ3n) is 3.94. The van der Waals surface area contributed by atoms with Crippen LogP contribution in [-0.4, -0.2) is 25.0 Å². The Morgan fingerprint density at radius 3 is 2.48 bits per heavy atom. The molecule has 1 N–H and O–H groups in total. The third-order valence-corrected chi connectivity index (χ3v) is 5.24. The first-order valence-electron chi connectivity index (χ1n) is 8.14. The second-order valence-electron chi connectivity index (χ2n) is 5.64. The number of anilines is 2. The number of carbonyl (C=O) groups excluding carboxylic acids is 2. The summed E-state index contributed by atoms with van der Waals surface area (Å²) in [4.78, 5) is 16.2. The van der Waals surface area contributed by atoms with Gasteiger partial charge < -0.3 is 5.32 Å². The van der Waals surface area contributed by atoms with Crippen molar-refractivity contribution in [1.82, 2.24) is 5.32 Å². The normalized spacial score (nSPS) is 15.6. The number of hydrogen-bond acceptors (Lipinski definition) is 5. The van der Waals surface area contributed by atoms with Gasteiger partial charge in [-0.05, 0) is 68.6 Å². The van der Waals surface area contributed by atoms with E-state index in [1.807, 2.05) is 25.2 Å². The zero-order valence-corrected chi connectivity index (χ0v) is 14.9. The van der Waals surface area contributed by atoms with E-state index in [2.05, 4.69) is 27.8 Å². The predicted octanol–water partition coefficient (Wildman–Crippen LogP) is 3.95. The number of fused-ring (bicyclic) bond motifs is 1. The second kappa shape index (κ2) is 9.99. The van der Waals surface area contributed by atoms with Crippen LogP contribution in [0.5, 0.6) is 0 Å². The van der Waals surface area contributed by atoms with Gasteiger partial charge in [-0.2, -0.15) is 9.59 Å². The molecule has 25 heavy (non-hydrogen) atoms. The molecular formula is C19H21FN2O2S. The van der Waals surface area contributed by atoms with Gasteiger partial charge >= 0.3 is 6.15 Å². The third kappa shape index (κ3) is 5.16. The minimum absolute atomic E-state index is 0.166. The fraction of sp³-hybridized carbons (Fsp3) is 0.316. The van der Waals surface area contributed by atoms with Crippen LogP contribution in [0.1, 0.15) is 18.4 Å². The highest BCUT2D eigenvalue weighted by Crippen LogP contribution is 2.44. The maximum atomic E-state index is 14.2. The smallest absolute Gasteiger partial charge is 0.320 e. The molecule has 0 aromatic heterocycles. The second-order valence-corrected chi connectivity index (χ2v) is 6.88. The van der Waals surface area contributed by atoms with E-state index in [4.69, 9.17) is 9.59 Å². The van der Waals surface area contributed by atoms with Crippen molar-refractivity contribution >= 4 is 29.5 Å². The number of halogens is 1. The number of hydrogen-bond donors (Lipinski definition) is 1. The van der Waals surface area contributed by atoms with Crippen LogP contribution >= 0.6 is 11.9 Å². The molecule has 0 bridgehead atoms. The molecule has 132 valence electrons. The van der Waals surface area contributed by atoms with Crippen LogP contribution < -0.4 is 9.62 Å². The first-order valence-corrected chi connectivity index (χ1v) is 8.98. The molecule has 0 spiro atoms. The Bertz CT molecular complexity index is 720. The molecule has 3 rings (SSSR count). The van der Waals surface area contributed by atoms with E-state index < -0.39 is 0 Å². The van der Waals surface area contributed by atoms with Crippen molar-refractivity contribution in [1.29, 1.82) is 0 Å².